The van der Waals surface area contributed by atoms with Crippen molar-refractivity contribution >= 4 is 0 Å². The van der Waals surface area contributed by atoms with Gasteiger partial charge in [0.25, 0.3) is 0 Å². The number of unbranched alkanes of at least 4 members (excludes halogenated alkanes) is 3. The maximum absolute atomic E-state index is 4.26. The smallest absolute Gasteiger partial charge is 0.0832 e. The van der Waals surface area contributed by atoms with Gasteiger partial charge in [-0.3, -0.25) is 4.68 Å². The van der Waals surface area contributed by atoms with Gasteiger partial charge in [-0.05, 0) is 52.0 Å². The normalized spacial score (nSPS) is 12.9. The van der Waals surface area contributed by atoms with Gasteiger partial charge in [-0.1, -0.05) is 38.8 Å². The molecule has 0 amide bonds. The molecule has 1 N–H and O–H groups in total. The van der Waals surface area contributed by atoms with Crippen molar-refractivity contribution in [2.24, 2.45) is 5.41 Å². The fraction of sp³-hybridized carbons (Fsp3) is 0.882. The first kappa shape index (κ1) is 18.1. The van der Waals surface area contributed by atoms with Crippen LogP contribution in [0.1, 0.15) is 72.9 Å². The second-order valence-electron chi connectivity index (χ2n) is 8.30. The summed E-state index contributed by atoms with van der Waals surface area (Å²) in [7, 11) is 0. The molecule has 1 aromatic heterocycles. The SMILES string of the molecule is CC(C)(C)Cc1cn(CCCCCCNC(C)(C)C)nn1. The van der Waals surface area contributed by atoms with E-state index >= 15 is 0 Å². The van der Waals surface area contributed by atoms with Crippen LogP contribution >= 0.6 is 0 Å². The van der Waals surface area contributed by atoms with Gasteiger partial charge < -0.3 is 5.32 Å². The third kappa shape index (κ3) is 9.62. The lowest BCUT2D eigenvalue weighted by atomic mass is 9.91. The number of nitrogens with one attached hydrogen (secondary N) is 1. The summed E-state index contributed by atoms with van der Waals surface area (Å²) in [5.74, 6) is 0. The van der Waals surface area contributed by atoms with Crippen molar-refractivity contribution < 1.29 is 0 Å². The average molecular weight is 294 g/mol. The number of hydrogen-bond donors (Lipinski definition) is 1. The summed E-state index contributed by atoms with van der Waals surface area (Å²) in [5, 5.41) is 12.0. The van der Waals surface area contributed by atoms with E-state index in [1.165, 1.54) is 25.7 Å². The van der Waals surface area contributed by atoms with E-state index in [4.69, 9.17) is 0 Å². The molecule has 0 fully saturated rings. The summed E-state index contributed by atoms with van der Waals surface area (Å²) >= 11 is 0. The van der Waals surface area contributed by atoms with E-state index in [2.05, 4.69) is 63.4 Å². The highest BCUT2D eigenvalue weighted by Gasteiger charge is 2.13. The minimum absolute atomic E-state index is 0.240. The minimum atomic E-state index is 0.240. The molecule has 1 rings (SSSR count). The number of nitrogens with zero attached hydrogens (tertiary/aromatic N) is 3. The van der Waals surface area contributed by atoms with Gasteiger partial charge in [0.15, 0.2) is 0 Å². The van der Waals surface area contributed by atoms with Gasteiger partial charge in [-0.15, -0.1) is 5.10 Å². The topological polar surface area (TPSA) is 42.7 Å². The highest BCUT2D eigenvalue weighted by Crippen LogP contribution is 2.18. The molecular weight excluding hydrogens is 260 g/mol. The van der Waals surface area contributed by atoms with E-state index in [0.717, 1.165) is 25.2 Å². The molecule has 1 aromatic rings. The Morgan fingerprint density at radius 3 is 2.29 bits per heavy atom. The number of aromatic nitrogens is 3. The molecule has 0 unspecified atom stereocenters. The van der Waals surface area contributed by atoms with Gasteiger partial charge in [0, 0.05) is 18.3 Å². The van der Waals surface area contributed by atoms with Gasteiger partial charge in [-0.2, -0.15) is 0 Å². The van der Waals surface area contributed by atoms with Crippen LogP contribution in [0.3, 0.4) is 0 Å². The van der Waals surface area contributed by atoms with Crippen LogP contribution in [0.15, 0.2) is 6.20 Å². The van der Waals surface area contributed by atoms with Crippen LogP contribution in [0, 0.1) is 5.41 Å². The van der Waals surface area contributed by atoms with Gasteiger partial charge in [-0.25, -0.2) is 0 Å². The lowest BCUT2D eigenvalue weighted by molar-refractivity contribution is 0.406. The van der Waals surface area contributed by atoms with E-state index in [-0.39, 0.29) is 11.0 Å². The van der Waals surface area contributed by atoms with Crippen LogP contribution in [0.25, 0.3) is 0 Å². The van der Waals surface area contributed by atoms with Crippen molar-refractivity contribution in [2.45, 2.75) is 85.7 Å². The molecule has 0 atom stereocenters. The third-order valence-electron chi connectivity index (χ3n) is 3.27. The van der Waals surface area contributed by atoms with Crippen molar-refractivity contribution in [2.75, 3.05) is 6.54 Å². The molecule has 4 nitrogen and oxygen atoms in total. The summed E-state index contributed by atoms with van der Waals surface area (Å²) in [6, 6.07) is 0. The van der Waals surface area contributed by atoms with Crippen molar-refractivity contribution in [1.29, 1.82) is 0 Å². The van der Waals surface area contributed by atoms with Crippen LogP contribution < -0.4 is 5.32 Å². The zero-order valence-electron chi connectivity index (χ0n) is 14.9. The number of aryl methyl sites for hydroxylation is 1. The molecule has 0 bridgehead atoms. The monoisotopic (exact) mass is 294 g/mol. The number of rotatable bonds is 8. The van der Waals surface area contributed by atoms with Crippen LogP contribution in [0.2, 0.25) is 0 Å². The van der Waals surface area contributed by atoms with Gasteiger partial charge in [0.2, 0.25) is 0 Å². The van der Waals surface area contributed by atoms with Crippen LogP contribution in [-0.2, 0) is 13.0 Å². The van der Waals surface area contributed by atoms with Crippen LogP contribution in [0.4, 0.5) is 0 Å². The average Bonchev–Trinajstić information content (AvgIpc) is 2.71. The second-order valence-corrected chi connectivity index (χ2v) is 8.30. The summed E-state index contributed by atoms with van der Waals surface area (Å²) < 4.78 is 1.99. The number of hydrogen-bond acceptors (Lipinski definition) is 3. The zero-order valence-corrected chi connectivity index (χ0v) is 14.9. The molecule has 0 spiro atoms. The molecule has 0 aliphatic heterocycles. The standard InChI is InChI=1S/C17H34N4/c1-16(2,3)13-15-14-21(20-19-15)12-10-8-7-9-11-18-17(4,5)6/h14,18H,7-13H2,1-6H3. The van der Waals surface area contributed by atoms with Crippen molar-refractivity contribution in [3.8, 4) is 0 Å². The molecule has 21 heavy (non-hydrogen) atoms. The van der Waals surface area contributed by atoms with Gasteiger partial charge >= 0.3 is 0 Å². The zero-order chi connectivity index (χ0) is 15.9. The fourth-order valence-corrected chi connectivity index (χ4v) is 2.29. The van der Waals surface area contributed by atoms with E-state index in [1.807, 2.05) is 4.68 Å². The summed E-state index contributed by atoms with van der Waals surface area (Å²) in [4.78, 5) is 0. The van der Waals surface area contributed by atoms with E-state index in [9.17, 15) is 0 Å². The Morgan fingerprint density at radius 1 is 1.00 bits per heavy atom. The van der Waals surface area contributed by atoms with Crippen molar-refractivity contribution in [3.05, 3.63) is 11.9 Å². The molecule has 122 valence electrons. The van der Waals surface area contributed by atoms with Crippen LogP contribution in [-0.4, -0.2) is 27.1 Å². The summed E-state index contributed by atoms with van der Waals surface area (Å²) in [6.45, 7) is 15.5. The lowest BCUT2D eigenvalue weighted by Gasteiger charge is -2.20. The molecule has 4 heteroatoms. The van der Waals surface area contributed by atoms with Crippen molar-refractivity contribution in [3.63, 3.8) is 0 Å². The minimum Gasteiger partial charge on any atom is -0.312 e. The highest BCUT2D eigenvalue weighted by atomic mass is 15.4. The Kier molecular flexibility index (Phi) is 6.85. The molecule has 0 saturated carbocycles. The van der Waals surface area contributed by atoms with E-state index in [1.54, 1.807) is 0 Å². The maximum Gasteiger partial charge on any atom is 0.0832 e. The second kappa shape index (κ2) is 7.92. The molecule has 0 aromatic carbocycles. The van der Waals surface area contributed by atoms with Gasteiger partial charge in [0.1, 0.15) is 0 Å². The van der Waals surface area contributed by atoms with Gasteiger partial charge in [0.05, 0.1) is 5.69 Å². The Labute approximate surface area is 130 Å². The largest absolute Gasteiger partial charge is 0.312 e. The fourth-order valence-electron chi connectivity index (χ4n) is 2.29. The Hall–Kier alpha value is -0.900. The first-order chi connectivity index (χ1) is 9.66. The molecule has 0 aliphatic carbocycles. The first-order valence-corrected chi connectivity index (χ1v) is 8.30. The molecule has 1 heterocycles. The quantitative estimate of drug-likeness (QED) is 0.741. The summed E-state index contributed by atoms with van der Waals surface area (Å²) in [5.41, 5.74) is 1.63. The predicted octanol–water partition coefficient (Wildman–Crippen LogP) is 3.82. The Balaban J connectivity index is 2.11. The molecule has 0 saturated heterocycles. The Morgan fingerprint density at radius 2 is 1.67 bits per heavy atom. The lowest BCUT2D eigenvalue weighted by Crippen LogP contribution is -2.36. The highest BCUT2D eigenvalue weighted by molar-refractivity contribution is 4.95. The van der Waals surface area contributed by atoms with Crippen LogP contribution in [0.5, 0.6) is 0 Å². The maximum atomic E-state index is 4.26. The summed E-state index contributed by atoms with van der Waals surface area (Å²) in [6.07, 6.45) is 8.09. The Bertz CT molecular complexity index is 396. The first-order valence-electron chi connectivity index (χ1n) is 8.30. The molecule has 0 radical (unpaired) electrons. The predicted molar refractivity (Wildman–Crippen MR) is 89.4 cm³/mol. The van der Waals surface area contributed by atoms with Crippen molar-refractivity contribution in [1.82, 2.24) is 20.3 Å². The molecular formula is C17H34N4. The van der Waals surface area contributed by atoms with E-state index < -0.39 is 0 Å². The molecule has 0 aliphatic rings. The van der Waals surface area contributed by atoms with E-state index in [0.29, 0.717) is 0 Å². The third-order valence-corrected chi connectivity index (χ3v) is 3.27.